The van der Waals surface area contributed by atoms with Crippen LogP contribution in [0.25, 0.3) is 0 Å². The number of hydrogen-bond acceptors (Lipinski definition) is 3. The first-order valence-electron chi connectivity index (χ1n) is 8.54. The Labute approximate surface area is 168 Å². The second kappa shape index (κ2) is 8.46. The normalized spacial score (nSPS) is 11.2. The number of anilines is 1. The SMILES string of the molecule is O=C(O)c1ccccc1CCc1cccc(NS(=O)(=O)c2ccc(Cl)cc2)c1. The Morgan fingerprint density at radius 3 is 2.36 bits per heavy atom. The monoisotopic (exact) mass is 415 g/mol. The molecular weight excluding hydrogens is 398 g/mol. The number of halogens is 1. The molecule has 0 aliphatic carbocycles. The smallest absolute Gasteiger partial charge is 0.335 e. The van der Waals surface area contributed by atoms with Crippen LogP contribution in [0.4, 0.5) is 5.69 Å². The molecule has 3 rings (SSSR count). The van der Waals surface area contributed by atoms with Crippen molar-refractivity contribution in [2.75, 3.05) is 4.72 Å². The van der Waals surface area contributed by atoms with Gasteiger partial charge < -0.3 is 5.11 Å². The van der Waals surface area contributed by atoms with E-state index in [4.69, 9.17) is 11.6 Å². The van der Waals surface area contributed by atoms with Crippen LogP contribution >= 0.6 is 11.6 Å². The summed E-state index contributed by atoms with van der Waals surface area (Å²) in [4.78, 5) is 11.4. The number of sulfonamides is 1. The first-order valence-corrected chi connectivity index (χ1v) is 10.4. The number of benzene rings is 3. The van der Waals surface area contributed by atoms with Crippen LogP contribution in [0.5, 0.6) is 0 Å². The zero-order valence-electron chi connectivity index (χ0n) is 14.8. The highest BCUT2D eigenvalue weighted by molar-refractivity contribution is 7.92. The van der Waals surface area contributed by atoms with E-state index in [-0.39, 0.29) is 10.5 Å². The van der Waals surface area contributed by atoms with Gasteiger partial charge in [0.2, 0.25) is 0 Å². The third kappa shape index (κ3) is 4.91. The third-order valence-electron chi connectivity index (χ3n) is 4.23. The van der Waals surface area contributed by atoms with Crippen molar-refractivity contribution in [3.8, 4) is 0 Å². The fourth-order valence-corrected chi connectivity index (χ4v) is 4.02. The molecule has 0 aliphatic heterocycles. The number of aromatic carboxylic acids is 1. The lowest BCUT2D eigenvalue weighted by molar-refractivity contribution is 0.0695. The summed E-state index contributed by atoms with van der Waals surface area (Å²) in [6.07, 6.45) is 1.12. The lowest BCUT2D eigenvalue weighted by Crippen LogP contribution is -2.13. The van der Waals surface area contributed by atoms with Gasteiger partial charge in [-0.15, -0.1) is 0 Å². The molecule has 0 spiro atoms. The predicted molar refractivity (Wildman–Crippen MR) is 110 cm³/mol. The van der Waals surface area contributed by atoms with E-state index in [0.717, 1.165) is 11.1 Å². The molecule has 3 aromatic rings. The van der Waals surface area contributed by atoms with Crippen LogP contribution < -0.4 is 4.72 Å². The molecule has 0 heterocycles. The molecule has 5 nitrogen and oxygen atoms in total. The van der Waals surface area contributed by atoms with Crippen LogP contribution in [0.3, 0.4) is 0 Å². The van der Waals surface area contributed by atoms with Gasteiger partial charge in [0.25, 0.3) is 10.0 Å². The van der Waals surface area contributed by atoms with Crippen molar-refractivity contribution < 1.29 is 18.3 Å². The molecule has 3 aromatic carbocycles. The Kier molecular flexibility index (Phi) is 6.02. The van der Waals surface area contributed by atoms with Crippen molar-refractivity contribution in [3.63, 3.8) is 0 Å². The summed E-state index contributed by atoms with van der Waals surface area (Å²) in [7, 11) is -3.72. The van der Waals surface area contributed by atoms with Gasteiger partial charge in [-0.25, -0.2) is 13.2 Å². The van der Waals surface area contributed by atoms with Crippen molar-refractivity contribution in [1.82, 2.24) is 0 Å². The fraction of sp³-hybridized carbons (Fsp3) is 0.0952. The minimum absolute atomic E-state index is 0.123. The van der Waals surface area contributed by atoms with Crippen LogP contribution in [0.1, 0.15) is 21.5 Å². The summed E-state index contributed by atoms with van der Waals surface area (Å²) >= 11 is 5.81. The standard InChI is InChI=1S/C21H18ClNO4S/c22-17-10-12-19(13-11-17)28(26,27)23-18-6-3-4-15(14-18)8-9-16-5-1-2-7-20(16)21(24)25/h1-7,10-14,23H,8-9H2,(H,24,25). The van der Waals surface area contributed by atoms with E-state index in [9.17, 15) is 18.3 Å². The average Bonchev–Trinajstić information content (AvgIpc) is 2.67. The summed E-state index contributed by atoms with van der Waals surface area (Å²) in [5.74, 6) is -0.958. The van der Waals surface area contributed by atoms with Gasteiger partial charge in [0.15, 0.2) is 0 Å². The molecule has 0 saturated carbocycles. The summed E-state index contributed by atoms with van der Waals surface area (Å²) in [5.41, 5.74) is 2.36. The minimum Gasteiger partial charge on any atom is -0.478 e. The number of carbonyl (C=O) groups is 1. The van der Waals surface area contributed by atoms with Crippen molar-refractivity contribution >= 4 is 33.3 Å². The molecule has 0 fully saturated rings. The van der Waals surface area contributed by atoms with E-state index in [0.29, 0.717) is 23.6 Å². The van der Waals surface area contributed by atoms with E-state index in [1.54, 1.807) is 42.5 Å². The maximum Gasteiger partial charge on any atom is 0.335 e. The molecule has 0 saturated heterocycles. The number of hydrogen-bond donors (Lipinski definition) is 2. The Morgan fingerprint density at radius 2 is 1.64 bits per heavy atom. The van der Waals surface area contributed by atoms with Gasteiger partial charge in [-0.05, 0) is 66.4 Å². The molecule has 0 aliphatic rings. The van der Waals surface area contributed by atoms with E-state index in [2.05, 4.69) is 4.72 Å². The highest BCUT2D eigenvalue weighted by atomic mass is 35.5. The van der Waals surface area contributed by atoms with E-state index in [1.807, 2.05) is 6.07 Å². The largest absolute Gasteiger partial charge is 0.478 e. The predicted octanol–water partition coefficient (Wildman–Crippen LogP) is 4.62. The van der Waals surface area contributed by atoms with E-state index >= 15 is 0 Å². The molecular formula is C21H18ClNO4S. The molecule has 0 atom stereocenters. The second-order valence-corrected chi connectivity index (χ2v) is 8.34. The maximum atomic E-state index is 12.5. The Bertz CT molecular complexity index is 1100. The summed E-state index contributed by atoms with van der Waals surface area (Å²) in [6, 6.07) is 19.8. The minimum atomic E-state index is -3.72. The molecule has 2 N–H and O–H groups in total. The highest BCUT2D eigenvalue weighted by Crippen LogP contribution is 2.20. The van der Waals surface area contributed by atoms with Gasteiger partial charge in [-0.1, -0.05) is 41.9 Å². The van der Waals surface area contributed by atoms with Crippen LogP contribution in [-0.4, -0.2) is 19.5 Å². The maximum absolute atomic E-state index is 12.5. The number of rotatable bonds is 7. The zero-order chi connectivity index (χ0) is 20.1. The van der Waals surface area contributed by atoms with Gasteiger partial charge in [-0.3, -0.25) is 4.72 Å². The van der Waals surface area contributed by atoms with Crippen molar-refractivity contribution in [1.29, 1.82) is 0 Å². The molecule has 0 radical (unpaired) electrons. The van der Waals surface area contributed by atoms with Crippen LogP contribution in [0.2, 0.25) is 5.02 Å². The summed E-state index contributed by atoms with van der Waals surface area (Å²) in [6.45, 7) is 0. The molecule has 0 aromatic heterocycles. The summed E-state index contributed by atoms with van der Waals surface area (Å²) in [5, 5.41) is 9.74. The first-order chi connectivity index (χ1) is 13.3. The van der Waals surface area contributed by atoms with Gasteiger partial charge in [0.1, 0.15) is 0 Å². The molecule has 28 heavy (non-hydrogen) atoms. The molecule has 0 amide bonds. The molecule has 0 unspecified atom stereocenters. The molecule has 7 heteroatoms. The van der Waals surface area contributed by atoms with Crippen molar-refractivity contribution in [2.24, 2.45) is 0 Å². The van der Waals surface area contributed by atoms with Crippen LogP contribution in [0, 0.1) is 0 Å². The topological polar surface area (TPSA) is 83.5 Å². The number of aryl methyl sites for hydroxylation is 2. The van der Waals surface area contributed by atoms with Crippen molar-refractivity contribution in [2.45, 2.75) is 17.7 Å². The Morgan fingerprint density at radius 1 is 0.929 bits per heavy atom. The van der Waals surface area contributed by atoms with Gasteiger partial charge in [-0.2, -0.15) is 0 Å². The number of nitrogens with one attached hydrogen (secondary N) is 1. The van der Waals surface area contributed by atoms with E-state index < -0.39 is 16.0 Å². The van der Waals surface area contributed by atoms with Gasteiger partial charge >= 0.3 is 5.97 Å². The van der Waals surface area contributed by atoms with E-state index in [1.165, 1.54) is 24.3 Å². The van der Waals surface area contributed by atoms with Crippen LogP contribution in [-0.2, 0) is 22.9 Å². The van der Waals surface area contributed by atoms with Crippen molar-refractivity contribution in [3.05, 3.63) is 94.5 Å². The quantitative estimate of drug-likeness (QED) is 0.589. The zero-order valence-corrected chi connectivity index (χ0v) is 16.4. The Balaban J connectivity index is 1.74. The highest BCUT2D eigenvalue weighted by Gasteiger charge is 2.14. The molecule has 144 valence electrons. The third-order valence-corrected chi connectivity index (χ3v) is 5.88. The number of carboxylic acids is 1. The Hall–Kier alpha value is -2.83. The molecule has 0 bridgehead atoms. The van der Waals surface area contributed by atoms with Gasteiger partial charge in [0.05, 0.1) is 10.5 Å². The average molecular weight is 416 g/mol. The first kappa shape index (κ1) is 19.9. The lowest BCUT2D eigenvalue weighted by Gasteiger charge is -2.10. The lowest BCUT2D eigenvalue weighted by atomic mass is 10.00. The summed E-state index contributed by atoms with van der Waals surface area (Å²) < 4.78 is 27.6. The fourth-order valence-electron chi connectivity index (χ4n) is 2.84. The van der Waals surface area contributed by atoms with Crippen LogP contribution in [0.15, 0.2) is 77.7 Å². The van der Waals surface area contributed by atoms with Gasteiger partial charge in [0, 0.05) is 10.7 Å². The second-order valence-electron chi connectivity index (χ2n) is 6.22. The number of carboxylic acid groups (broad SMARTS) is 1.